The van der Waals surface area contributed by atoms with Crippen LogP contribution in [0.4, 0.5) is 0 Å². The highest BCUT2D eigenvalue weighted by Gasteiger charge is 2.21. The number of nitrogens with zero attached hydrogens (tertiary/aromatic N) is 4. The smallest absolute Gasteiger partial charge is 0.353 e. The van der Waals surface area contributed by atoms with Gasteiger partial charge < -0.3 is 18.9 Å². The molecule has 1 unspecified atom stereocenters. The number of ether oxygens (including phenoxy) is 4. The van der Waals surface area contributed by atoms with E-state index in [2.05, 4.69) is 9.97 Å². The van der Waals surface area contributed by atoms with Crippen LogP contribution in [0.1, 0.15) is 36.2 Å². The molecule has 0 bridgehead atoms. The van der Waals surface area contributed by atoms with Gasteiger partial charge in [0.25, 0.3) is 0 Å². The molecule has 0 amide bonds. The van der Waals surface area contributed by atoms with Crippen LogP contribution in [0, 0.1) is 0 Å². The SMILES string of the molecule is O=c1nc(OCC2CCCO2)nc2n1CCCc1cc(OCc3cccc(C4=COCC=C4)n3)ccc1-2. The van der Waals surface area contributed by atoms with E-state index in [0.29, 0.717) is 32.2 Å². The Morgan fingerprint density at radius 2 is 2.05 bits per heavy atom. The molecule has 3 aliphatic rings. The monoisotopic (exact) mass is 500 g/mol. The summed E-state index contributed by atoms with van der Waals surface area (Å²) in [6.07, 6.45) is 9.29. The molecule has 9 nitrogen and oxygen atoms in total. The lowest BCUT2D eigenvalue weighted by molar-refractivity contribution is 0.0642. The Morgan fingerprint density at radius 3 is 2.92 bits per heavy atom. The van der Waals surface area contributed by atoms with Gasteiger partial charge in [-0.3, -0.25) is 4.57 Å². The maximum atomic E-state index is 12.8. The second-order valence-corrected chi connectivity index (χ2v) is 9.24. The summed E-state index contributed by atoms with van der Waals surface area (Å²) in [5.41, 5.74) is 4.22. The van der Waals surface area contributed by atoms with Crippen molar-refractivity contribution in [2.45, 2.75) is 44.9 Å². The standard InChI is InChI=1S/C28H28N4O5/c33-28-31-27(37-18-23-8-4-14-35-23)30-26-24-11-10-22(15-19(24)5-2-12-32(26)28)36-17-21-7-1-9-25(29-21)20-6-3-13-34-16-20/h1,3,6-7,9-11,15-16,23H,2,4-5,8,12-14,17-18H2. The zero-order chi connectivity index (χ0) is 25.0. The van der Waals surface area contributed by atoms with Gasteiger partial charge in [0.2, 0.25) is 0 Å². The number of rotatable bonds is 7. The second-order valence-electron chi connectivity index (χ2n) is 9.24. The molecule has 0 radical (unpaired) electrons. The lowest BCUT2D eigenvalue weighted by Crippen LogP contribution is -2.27. The van der Waals surface area contributed by atoms with E-state index in [0.717, 1.165) is 66.1 Å². The van der Waals surface area contributed by atoms with E-state index in [-0.39, 0.29) is 17.8 Å². The van der Waals surface area contributed by atoms with Gasteiger partial charge in [-0.25, -0.2) is 9.78 Å². The number of hydrogen-bond donors (Lipinski definition) is 0. The van der Waals surface area contributed by atoms with Gasteiger partial charge in [0, 0.05) is 24.3 Å². The van der Waals surface area contributed by atoms with Crippen LogP contribution in [-0.2, 0) is 29.0 Å². The van der Waals surface area contributed by atoms with Crippen LogP contribution in [-0.4, -0.2) is 45.4 Å². The minimum Gasteiger partial charge on any atom is -0.496 e. The van der Waals surface area contributed by atoms with Crippen LogP contribution in [0.3, 0.4) is 0 Å². The van der Waals surface area contributed by atoms with E-state index in [4.69, 9.17) is 23.9 Å². The molecular formula is C28H28N4O5. The molecule has 0 spiro atoms. The average molecular weight is 501 g/mol. The van der Waals surface area contributed by atoms with Gasteiger partial charge in [-0.15, -0.1) is 4.98 Å². The number of pyridine rings is 1. The van der Waals surface area contributed by atoms with Crippen molar-refractivity contribution in [3.05, 3.63) is 82.2 Å². The first kappa shape index (κ1) is 23.4. The van der Waals surface area contributed by atoms with Crippen LogP contribution >= 0.6 is 0 Å². The quantitative estimate of drug-likeness (QED) is 0.484. The average Bonchev–Trinajstić information content (AvgIpc) is 3.39. The summed E-state index contributed by atoms with van der Waals surface area (Å²) in [6, 6.07) is 11.8. The molecule has 2 aromatic heterocycles. The molecule has 1 aromatic carbocycles. The molecule has 3 aromatic rings. The van der Waals surface area contributed by atoms with Crippen LogP contribution in [0.25, 0.3) is 17.0 Å². The first-order valence-corrected chi connectivity index (χ1v) is 12.7. The van der Waals surface area contributed by atoms with E-state index < -0.39 is 0 Å². The molecule has 1 saturated heterocycles. The fraction of sp³-hybridized carbons (Fsp3) is 0.357. The molecular weight excluding hydrogens is 472 g/mol. The summed E-state index contributed by atoms with van der Waals surface area (Å²) in [5, 5.41) is 0. The van der Waals surface area contributed by atoms with E-state index in [1.165, 1.54) is 0 Å². The number of aromatic nitrogens is 4. The summed E-state index contributed by atoms with van der Waals surface area (Å²) in [6.45, 7) is 2.56. The highest BCUT2D eigenvalue weighted by molar-refractivity contribution is 5.71. The Morgan fingerprint density at radius 1 is 1.08 bits per heavy atom. The van der Waals surface area contributed by atoms with Crippen LogP contribution in [0.5, 0.6) is 11.8 Å². The van der Waals surface area contributed by atoms with Gasteiger partial charge >= 0.3 is 11.7 Å². The maximum Gasteiger partial charge on any atom is 0.353 e. The molecule has 9 heteroatoms. The van der Waals surface area contributed by atoms with Crippen LogP contribution in [0.2, 0.25) is 0 Å². The Bertz CT molecular complexity index is 1410. The second kappa shape index (κ2) is 10.6. The van der Waals surface area contributed by atoms with Crippen molar-refractivity contribution in [2.75, 3.05) is 19.8 Å². The zero-order valence-electron chi connectivity index (χ0n) is 20.5. The summed E-state index contributed by atoms with van der Waals surface area (Å²) >= 11 is 0. The van der Waals surface area contributed by atoms with Crippen molar-refractivity contribution in [1.29, 1.82) is 0 Å². The summed E-state index contributed by atoms with van der Waals surface area (Å²) in [4.78, 5) is 26.1. The largest absolute Gasteiger partial charge is 0.496 e. The number of hydrogen-bond acceptors (Lipinski definition) is 8. The van der Waals surface area contributed by atoms with Crippen molar-refractivity contribution in [3.63, 3.8) is 0 Å². The lowest BCUT2D eigenvalue weighted by Gasteiger charge is -2.14. The van der Waals surface area contributed by atoms with Crippen LogP contribution < -0.4 is 15.2 Å². The van der Waals surface area contributed by atoms with Gasteiger partial charge in [0.1, 0.15) is 31.4 Å². The number of benzene rings is 1. The van der Waals surface area contributed by atoms with Gasteiger partial charge in [0.15, 0.2) is 0 Å². The molecule has 3 aliphatic heterocycles. The van der Waals surface area contributed by atoms with E-state index >= 15 is 0 Å². The fourth-order valence-electron chi connectivity index (χ4n) is 4.77. The minimum atomic E-state index is -0.347. The van der Waals surface area contributed by atoms with Crippen molar-refractivity contribution < 1.29 is 18.9 Å². The molecule has 1 fully saturated rings. The van der Waals surface area contributed by atoms with Gasteiger partial charge in [-0.05, 0) is 67.7 Å². The minimum absolute atomic E-state index is 0.0246. The van der Waals surface area contributed by atoms with E-state index in [1.54, 1.807) is 10.8 Å². The lowest BCUT2D eigenvalue weighted by atomic mass is 10.0. The predicted octanol–water partition coefficient (Wildman–Crippen LogP) is 3.71. The van der Waals surface area contributed by atoms with Crippen molar-refractivity contribution >= 4 is 5.57 Å². The highest BCUT2D eigenvalue weighted by Crippen LogP contribution is 2.30. The third kappa shape index (κ3) is 5.27. The normalized spacial score (nSPS) is 18.3. The summed E-state index contributed by atoms with van der Waals surface area (Å²) < 4.78 is 24.5. The Labute approximate surface area is 214 Å². The molecule has 0 saturated carbocycles. The van der Waals surface area contributed by atoms with Gasteiger partial charge in [-0.2, -0.15) is 4.98 Å². The Balaban J connectivity index is 1.20. The zero-order valence-corrected chi connectivity index (χ0v) is 20.5. The topological polar surface area (TPSA) is 97.6 Å². The van der Waals surface area contributed by atoms with Gasteiger partial charge in [-0.1, -0.05) is 12.1 Å². The molecule has 37 heavy (non-hydrogen) atoms. The third-order valence-electron chi connectivity index (χ3n) is 6.64. The number of fused-ring (bicyclic) bond motifs is 3. The summed E-state index contributed by atoms with van der Waals surface area (Å²) in [5.74, 6) is 1.32. The Kier molecular flexibility index (Phi) is 6.68. The van der Waals surface area contributed by atoms with E-state index in [9.17, 15) is 4.79 Å². The number of aryl methyl sites for hydroxylation is 1. The first-order valence-electron chi connectivity index (χ1n) is 12.7. The maximum absolute atomic E-state index is 12.8. The summed E-state index contributed by atoms with van der Waals surface area (Å²) in [7, 11) is 0. The van der Waals surface area contributed by atoms with Crippen molar-refractivity contribution in [3.8, 4) is 23.1 Å². The molecule has 0 N–H and O–H groups in total. The van der Waals surface area contributed by atoms with Crippen LogP contribution in [0.15, 0.2) is 59.6 Å². The molecule has 1 atom stereocenters. The molecule has 190 valence electrons. The third-order valence-corrected chi connectivity index (χ3v) is 6.64. The van der Waals surface area contributed by atoms with Crippen molar-refractivity contribution in [2.24, 2.45) is 0 Å². The van der Waals surface area contributed by atoms with E-state index in [1.807, 2.05) is 48.6 Å². The Hall–Kier alpha value is -3.98. The van der Waals surface area contributed by atoms with Gasteiger partial charge in [0.05, 0.1) is 23.8 Å². The highest BCUT2D eigenvalue weighted by atomic mass is 16.5. The predicted molar refractivity (Wildman–Crippen MR) is 136 cm³/mol. The number of allylic oxidation sites excluding steroid dienone is 2. The fourth-order valence-corrected chi connectivity index (χ4v) is 4.77. The molecule has 6 rings (SSSR count). The first-order chi connectivity index (χ1) is 18.2. The van der Waals surface area contributed by atoms with Crippen molar-refractivity contribution in [1.82, 2.24) is 19.5 Å². The molecule has 0 aliphatic carbocycles. The molecule has 5 heterocycles.